The highest BCUT2D eigenvalue weighted by atomic mass is 32.1. The molecule has 2 aromatic carbocycles. The SMILES string of the molecule is O=C(c1cc2ccccc2oc1=O)N1CCC(Oc2nc3ccc(F)cc3s2)CC1. The van der Waals surface area contributed by atoms with E-state index in [0.717, 1.165) is 4.70 Å². The maximum absolute atomic E-state index is 13.3. The molecule has 1 saturated heterocycles. The Bertz CT molecular complexity index is 1310. The fourth-order valence-electron chi connectivity index (χ4n) is 3.63. The summed E-state index contributed by atoms with van der Waals surface area (Å²) in [4.78, 5) is 31.2. The van der Waals surface area contributed by atoms with Crippen LogP contribution < -0.4 is 10.4 Å². The smallest absolute Gasteiger partial charge is 0.349 e. The number of halogens is 1. The Morgan fingerprint density at radius 3 is 2.80 bits per heavy atom. The second-order valence-electron chi connectivity index (χ2n) is 7.19. The third-order valence-corrected chi connectivity index (χ3v) is 6.11. The molecule has 2 aromatic heterocycles. The molecule has 0 spiro atoms. The number of thiazole rings is 1. The van der Waals surface area contributed by atoms with Gasteiger partial charge in [-0.05, 0) is 30.3 Å². The molecule has 1 amide bonds. The van der Waals surface area contributed by atoms with E-state index in [4.69, 9.17) is 9.15 Å². The number of rotatable bonds is 3. The van der Waals surface area contributed by atoms with Gasteiger partial charge in [-0.1, -0.05) is 29.5 Å². The molecule has 1 aliphatic heterocycles. The third-order valence-electron chi connectivity index (χ3n) is 5.20. The molecule has 6 nitrogen and oxygen atoms in total. The van der Waals surface area contributed by atoms with E-state index in [-0.39, 0.29) is 23.4 Å². The molecule has 152 valence electrons. The van der Waals surface area contributed by atoms with Gasteiger partial charge in [0.25, 0.3) is 11.1 Å². The molecule has 0 atom stereocenters. The first-order chi connectivity index (χ1) is 14.6. The van der Waals surface area contributed by atoms with E-state index in [2.05, 4.69) is 4.98 Å². The Morgan fingerprint density at radius 2 is 1.97 bits per heavy atom. The van der Waals surface area contributed by atoms with Crippen molar-refractivity contribution in [2.24, 2.45) is 0 Å². The van der Waals surface area contributed by atoms with Gasteiger partial charge in [-0.3, -0.25) is 4.79 Å². The van der Waals surface area contributed by atoms with Gasteiger partial charge in [-0.2, -0.15) is 0 Å². The summed E-state index contributed by atoms with van der Waals surface area (Å²) in [7, 11) is 0. The van der Waals surface area contributed by atoms with Crippen molar-refractivity contribution < 1.29 is 18.3 Å². The van der Waals surface area contributed by atoms with E-state index in [1.807, 2.05) is 6.07 Å². The average Bonchev–Trinajstić information content (AvgIpc) is 3.14. The molecule has 8 heteroatoms. The number of aromatic nitrogens is 1. The lowest BCUT2D eigenvalue weighted by atomic mass is 10.1. The predicted octanol–water partition coefficient (Wildman–Crippen LogP) is 4.23. The number of carbonyl (C=O) groups is 1. The summed E-state index contributed by atoms with van der Waals surface area (Å²) in [5.41, 5.74) is 0.578. The zero-order valence-electron chi connectivity index (χ0n) is 15.8. The molecule has 1 aliphatic rings. The summed E-state index contributed by atoms with van der Waals surface area (Å²) in [5.74, 6) is -0.633. The summed E-state index contributed by atoms with van der Waals surface area (Å²) in [6, 6.07) is 13.1. The number of para-hydroxylation sites is 1. The van der Waals surface area contributed by atoms with Crippen LogP contribution in [0.1, 0.15) is 23.2 Å². The quantitative estimate of drug-likeness (QED) is 0.461. The highest BCUT2D eigenvalue weighted by Gasteiger charge is 2.27. The van der Waals surface area contributed by atoms with Gasteiger partial charge in [0.2, 0.25) is 0 Å². The Hall–Kier alpha value is -3.26. The molecule has 1 fully saturated rings. The number of piperidine rings is 1. The first-order valence-corrected chi connectivity index (χ1v) is 10.4. The van der Waals surface area contributed by atoms with Crippen LogP contribution in [0.5, 0.6) is 5.19 Å². The predicted molar refractivity (Wildman–Crippen MR) is 112 cm³/mol. The van der Waals surface area contributed by atoms with Crippen LogP contribution in [0.15, 0.2) is 57.7 Å². The Balaban J connectivity index is 1.26. The normalized spacial score (nSPS) is 15.0. The number of amides is 1. The monoisotopic (exact) mass is 424 g/mol. The molecule has 0 radical (unpaired) electrons. The van der Waals surface area contributed by atoms with Crippen LogP contribution in [0.25, 0.3) is 21.2 Å². The van der Waals surface area contributed by atoms with Crippen LogP contribution >= 0.6 is 11.3 Å². The van der Waals surface area contributed by atoms with Gasteiger partial charge >= 0.3 is 5.63 Å². The van der Waals surface area contributed by atoms with Gasteiger partial charge in [0, 0.05) is 31.3 Å². The zero-order chi connectivity index (χ0) is 20.7. The van der Waals surface area contributed by atoms with E-state index >= 15 is 0 Å². The van der Waals surface area contributed by atoms with E-state index in [0.29, 0.717) is 47.6 Å². The summed E-state index contributed by atoms with van der Waals surface area (Å²) >= 11 is 1.30. The lowest BCUT2D eigenvalue weighted by molar-refractivity contribution is 0.0592. The number of carbonyl (C=O) groups excluding carboxylic acids is 1. The van der Waals surface area contributed by atoms with Crippen LogP contribution in [0.2, 0.25) is 0 Å². The average molecular weight is 424 g/mol. The van der Waals surface area contributed by atoms with Crippen molar-refractivity contribution in [3.63, 3.8) is 0 Å². The van der Waals surface area contributed by atoms with Crippen LogP contribution in [0.3, 0.4) is 0 Å². The maximum Gasteiger partial charge on any atom is 0.349 e. The van der Waals surface area contributed by atoms with E-state index in [1.165, 1.54) is 23.5 Å². The molecule has 0 saturated carbocycles. The minimum Gasteiger partial charge on any atom is -0.467 e. The van der Waals surface area contributed by atoms with Gasteiger partial charge < -0.3 is 14.1 Å². The van der Waals surface area contributed by atoms with E-state index in [9.17, 15) is 14.0 Å². The fraction of sp³-hybridized carbons (Fsp3) is 0.227. The van der Waals surface area contributed by atoms with Crippen molar-refractivity contribution in [1.82, 2.24) is 9.88 Å². The van der Waals surface area contributed by atoms with Crippen LogP contribution in [0, 0.1) is 5.82 Å². The molecule has 0 bridgehead atoms. The van der Waals surface area contributed by atoms with Crippen molar-refractivity contribution >= 4 is 38.4 Å². The lowest BCUT2D eigenvalue weighted by Crippen LogP contribution is -2.43. The summed E-state index contributed by atoms with van der Waals surface area (Å²) in [5, 5.41) is 1.21. The summed E-state index contributed by atoms with van der Waals surface area (Å²) in [6.07, 6.45) is 1.15. The summed E-state index contributed by atoms with van der Waals surface area (Å²) < 4.78 is 25.3. The third kappa shape index (κ3) is 3.54. The highest BCUT2D eigenvalue weighted by Crippen LogP contribution is 2.30. The van der Waals surface area contributed by atoms with Crippen molar-refractivity contribution in [3.8, 4) is 5.19 Å². The molecule has 4 aromatic rings. The molecular formula is C22H17FN2O4S. The van der Waals surface area contributed by atoms with Crippen molar-refractivity contribution in [2.75, 3.05) is 13.1 Å². The van der Waals surface area contributed by atoms with Crippen molar-refractivity contribution in [3.05, 3.63) is 70.3 Å². The topological polar surface area (TPSA) is 72.6 Å². The Kier molecular flexibility index (Phi) is 4.71. The first kappa shape index (κ1) is 18.7. The minimum absolute atomic E-state index is 0.0428. The maximum atomic E-state index is 13.3. The van der Waals surface area contributed by atoms with Crippen LogP contribution in [-0.2, 0) is 0 Å². The molecule has 0 N–H and O–H groups in total. The number of likely N-dealkylation sites (tertiary alicyclic amines) is 1. The molecule has 5 rings (SSSR count). The second-order valence-corrected chi connectivity index (χ2v) is 8.18. The number of hydrogen-bond donors (Lipinski definition) is 0. The van der Waals surface area contributed by atoms with Gasteiger partial charge in [-0.25, -0.2) is 14.2 Å². The number of ether oxygens (including phenoxy) is 1. The van der Waals surface area contributed by atoms with Gasteiger partial charge in [0.05, 0.1) is 10.2 Å². The van der Waals surface area contributed by atoms with E-state index < -0.39 is 5.63 Å². The minimum atomic E-state index is -0.626. The Labute approximate surface area is 174 Å². The van der Waals surface area contributed by atoms with E-state index in [1.54, 1.807) is 35.2 Å². The van der Waals surface area contributed by atoms with Crippen molar-refractivity contribution in [1.29, 1.82) is 0 Å². The number of nitrogens with zero attached hydrogens (tertiary/aromatic N) is 2. The van der Waals surface area contributed by atoms with Crippen LogP contribution in [0.4, 0.5) is 4.39 Å². The van der Waals surface area contributed by atoms with Gasteiger partial charge in [0.15, 0.2) is 0 Å². The molecule has 0 aliphatic carbocycles. The zero-order valence-corrected chi connectivity index (χ0v) is 16.7. The first-order valence-electron chi connectivity index (χ1n) is 9.62. The molecule has 30 heavy (non-hydrogen) atoms. The number of hydrogen-bond acceptors (Lipinski definition) is 6. The largest absolute Gasteiger partial charge is 0.467 e. The standard InChI is InChI=1S/C22H17FN2O4S/c23-14-5-6-17-19(12-14)30-22(24-17)28-15-7-9-25(10-8-15)20(26)16-11-13-3-1-2-4-18(13)29-21(16)27/h1-6,11-12,15H,7-10H2. The molecule has 0 unspecified atom stereocenters. The van der Waals surface area contributed by atoms with Gasteiger partial charge in [-0.15, -0.1) is 0 Å². The van der Waals surface area contributed by atoms with Gasteiger partial charge in [0.1, 0.15) is 23.1 Å². The fourth-order valence-corrected chi connectivity index (χ4v) is 4.53. The molecule has 3 heterocycles. The molecular weight excluding hydrogens is 407 g/mol. The number of benzene rings is 2. The lowest BCUT2D eigenvalue weighted by Gasteiger charge is -2.31. The van der Waals surface area contributed by atoms with Crippen LogP contribution in [-0.4, -0.2) is 35.0 Å². The van der Waals surface area contributed by atoms with Crippen molar-refractivity contribution in [2.45, 2.75) is 18.9 Å². The summed E-state index contributed by atoms with van der Waals surface area (Å²) in [6.45, 7) is 0.935. The second kappa shape index (κ2) is 7.53. The highest BCUT2D eigenvalue weighted by molar-refractivity contribution is 7.20. The Morgan fingerprint density at radius 1 is 1.17 bits per heavy atom. The number of fused-ring (bicyclic) bond motifs is 2.